The molecule has 3 nitrogen and oxygen atoms in total. The second-order valence-electron chi connectivity index (χ2n) is 2.33. The molecule has 0 saturated carbocycles. The van der Waals surface area contributed by atoms with Crippen molar-refractivity contribution in [1.82, 2.24) is 0 Å². The summed E-state index contributed by atoms with van der Waals surface area (Å²) in [6.45, 7) is 1.64. The Morgan fingerprint density at radius 3 is 2.36 bits per heavy atom. The topological polar surface area (TPSA) is 41.8 Å². The van der Waals surface area contributed by atoms with Crippen LogP contribution in [0.25, 0.3) is 0 Å². The lowest BCUT2D eigenvalue weighted by Crippen LogP contribution is -2.47. The third-order valence-electron chi connectivity index (χ3n) is 1.50. The van der Waals surface area contributed by atoms with Gasteiger partial charge < -0.3 is 9.94 Å². The van der Waals surface area contributed by atoms with Gasteiger partial charge in [0.15, 0.2) is 0 Å². The Balaban J connectivity index is 2.85. The first-order valence-electron chi connectivity index (χ1n) is 2.88. The minimum Gasteiger partial charge on any atom is -0.355 e. The summed E-state index contributed by atoms with van der Waals surface area (Å²) < 4.78 is -1.89. The number of halogens is 3. The van der Waals surface area contributed by atoms with Crippen molar-refractivity contribution in [3.63, 3.8) is 0 Å². The van der Waals surface area contributed by atoms with Crippen LogP contribution in [0.3, 0.4) is 0 Å². The predicted octanol–water partition coefficient (Wildman–Crippen LogP) is 1.70. The average Bonchev–Trinajstić information content (AvgIpc) is 2.12. The van der Waals surface area contributed by atoms with E-state index in [4.69, 9.17) is 34.8 Å². The molecule has 0 bridgehead atoms. The molecule has 2 unspecified atom stereocenters. The van der Waals surface area contributed by atoms with E-state index in [9.17, 15) is 5.11 Å². The predicted molar refractivity (Wildman–Crippen MR) is 44.0 cm³/mol. The van der Waals surface area contributed by atoms with E-state index in [0.717, 1.165) is 0 Å². The molecule has 0 spiro atoms. The minimum absolute atomic E-state index is 0.435. The van der Waals surface area contributed by atoms with E-state index in [1.807, 2.05) is 0 Å². The van der Waals surface area contributed by atoms with E-state index in [1.54, 1.807) is 6.92 Å². The lowest BCUT2D eigenvalue weighted by Gasteiger charge is -2.30. The molecule has 0 aromatic heterocycles. The van der Waals surface area contributed by atoms with Gasteiger partial charge >= 0.3 is 0 Å². The maximum atomic E-state index is 9.55. The Morgan fingerprint density at radius 2 is 2.18 bits per heavy atom. The number of oxime groups is 1. The molecule has 0 fully saturated rings. The second kappa shape index (κ2) is 2.66. The fourth-order valence-electron chi connectivity index (χ4n) is 0.696. The first-order chi connectivity index (χ1) is 4.88. The van der Waals surface area contributed by atoms with E-state index in [0.29, 0.717) is 0 Å². The number of hydrogen-bond acceptors (Lipinski definition) is 3. The summed E-state index contributed by atoms with van der Waals surface area (Å²) >= 11 is 16.4. The summed E-state index contributed by atoms with van der Waals surface area (Å²) in [4.78, 5) is 4.55. The standard InChI is InChI=1S/C5H6Cl3NO2/c1-3-2-9-11-4(3,10)5(6,7)8/h2-3,10H,1H3. The van der Waals surface area contributed by atoms with Crippen molar-refractivity contribution in [1.29, 1.82) is 0 Å². The quantitative estimate of drug-likeness (QED) is 0.629. The fourth-order valence-corrected chi connectivity index (χ4v) is 1.32. The molecule has 1 N–H and O–H groups in total. The van der Waals surface area contributed by atoms with Gasteiger partial charge in [-0.2, -0.15) is 0 Å². The number of nitrogens with zero attached hydrogens (tertiary/aromatic N) is 1. The van der Waals surface area contributed by atoms with Crippen LogP contribution in [0.1, 0.15) is 6.92 Å². The van der Waals surface area contributed by atoms with Crippen LogP contribution in [-0.2, 0) is 4.84 Å². The van der Waals surface area contributed by atoms with E-state index >= 15 is 0 Å². The van der Waals surface area contributed by atoms with E-state index < -0.39 is 15.5 Å². The number of aliphatic hydroxyl groups is 1. The van der Waals surface area contributed by atoms with Gasteiger partial charge in [0.2, 0.25) is 0 Å². The van der Waals surface area contributed by atoms with Crippen molar-refractivity contribution in [2.24, 2.45) is 11.1 Å². The second-order valence-corrected chi connectivity index (χ2v) is 4.61. The van der Waals surface area contributed by atoms with Gasteiger partial charge in [-0.25, -0.2) is 0 Å². The van der Waals surface area contributed by atoms with Crippen molar-refractivity contribution in [3.05, 3.63) is 0 Å². The summed E-state index contributed by atoms with van der Waals surface area (Å²) in [6, 6.07) is 0. The normalized spacial score (nSPS) is 37.4. The van der Waals surface area contributed by atoms with Crippen molar-refractivity contribution in [2.75, 3.05) is 0 Å². The molecule has 0 aliphatic carbocycles. The molecule has 0 radical (unpaired) electrons. The maximum Gasteiger partial charge on any atom is 0.289 e. The van der Waals surface area contributed by atoms with Crippen molar-refractivity contribution < 1.29 is 9.94 Å². The fraction of sp³-hybridized carbons (Fsp3) is 0.800. The molecular weight excluding hydrogens is 212 g/mol. The van der Waals surface area contributed by atoms with Crippen LogP contribution in [0.2, 0.25) is 0 Å². The molecule has 1 aliphatic heterocycles. The summed E-state index contributed by atoms with van der Waals surface area (Å²) in [7, 11) is 0. The molecule has 0 aromatic rings. The molecule has 0 saturated heterocycles. The van der Waals surface area contributed by atoms with Crippen LogP contribution < -0.4 is 0 Å². The number of hydrogen-bond donors (Lipinski definition) is 1. The lowest BCUT2D eigenvalue weighted by molar-refractivity contribution is -0.201. The summed E-state index contributed by atoms with van der Waals surface area (Å²) in [6.07, 6.45) is 1.38. The van der Waals surface area contributed by atoms with Crippen molar-refractivity contribution in [2.45, 2.75) is 16.5 Å². The first-order valence-corrected chi connectivity index (χ1v) is 4.02. The van der Waals surface area contributed by atoms with Crippen LogP contribution in [0, 0.1) is 5.92 Å². The van der Waals surface area contributed by atoms with E-state index in [1.165, 1.54) is 6.21 Å². The molecule has 1 aliphatic rings. The van der Waals surface area contributed by atoms with E-state index in [2.05, 4.69) is 9.99 Å². The number of alkyl halides is 3. The Labute approximate surface area is 78.9 Å². The highest BCUT2D eigenvalue weighted by atomic mass is 35.6. The lowest BCUT2D eigenvalue weighted by atomic mass is 10.1. The third kappa shape index (κ3) is 1.43. The monoisotopic (exact) mass is 217 g/mol. The van der Waals surface area contributed by atoms with Gasteiger partial charge in [-0.15, -0.1) is 0 Å². The molecule has 0 aromatic carbocycles. The average molecular weight is 218 g/mol. The molecule has 0 amide bonds. The van der Waals surface area contributed by atoms with Gasteiger partial charge in [-0.3, -0.25) is 0 Å². The highest BCUT2D eigenvalue weighted by molar-refractivity contribution is 6.68. The molecule has 64 valence electrons. The minimum atomic E-state index is -1.89. The highest BCUT2D eigenvalue weighted by Crippen LogP contribution is 2.44. The Kier molecular flexibility index (Phi) is 2.27. The summed E-state index contributed by atoms with van der Waals surface area (Å²) in [5.41, 5.74) is 0. The van der Waals surface area contributed by atoms with Gasteiger partial charge in [0, 0.05) is 0 Å². The largest absolute Gasteiger partial charge is 0.355 e. The SMILES string of the molecule is CC1C=NOC1(O)C(Cl)(Cl)Cl. The summed E-state index contributed by atoms with van der Waals surface area (Å²) in [5.74, 6) is -2.27. The zero-order valence-electron chi connectivity index (χ0n) is 5.59. The highest BCUT2D eigenvalue weighted by Gasteiger charge is 2.56. The zero-order valence-corrected chi connectivity index (χ0v) is 7.86. The molecule has 6 heteroatoms. The Morgan fingerprint density at radius 1 is 1.64 bits per heavy atom. The van der Waals surface area contributed by atoms with Gasteiger partial charge in [-0.1, -0.05) is 46.9 Å². The van der Waals surface area contributed by atoms with Crippen molar-refractivity contribution in [3.8, 4) is 0 Å². The van der Waals surface area contributed by atoms with Gasteiger partial charge in [0.25, 0.3) is 9.58 Å². The van der Waals surface area contributed by atoms with Crippen molar-refractivity contribution >= 4 is 41.0 Å². The van der Waals surface area contributed by atoms with Gasteiger partial charge in [0.1, 0.15) is 0 Å². The van der Waals surface area contributed by atoms with Crippen LogP contribution in [0.4, 0.5) is 0 Å². The van der Waals surface area contributed by atoms with Crippen LogP contribution >= 0.6 is 34.8 Å². The third-order valence-corrected chi connectivity index (χ3v) is 2.31. The molecule has 11 heavy (non-hydrogen) atoms. The summed E-state index contributed by atoms with van der Waals surface area (Å²) in [5, 5.41) is 12.9. The Bertz CT molecular complexity index is 191. The molecule has 1 rings (SSSR count). The van der Waals surface area contributed by atoms with Crippen LogP contribution in [-0.4, -0.2) is 20.9 Å². The van der Waals surface area contributed by atoms with Crippen LogP contribution in [0.15, 0.2) is 5.16 Å². The van der Waals surface area contributed by atoms with E-state index in [-0.39, 0.29) is 0 Å². The molecule has 1 heterocycles. The van der Waals surface area contributed by atoms with Gasteiger partial charge in [-0.05, 0) is 0 Å². The number of rotatable bonds is 0. The Hall–Kier alpha value is 0.300. The zero-order chi connectivity index (χ0) is 8.70. The maximum absolute atomic E-state index is 9.55. The molecule has 2 atom stereocenters. The smallest absolute Gasteiger partial charge is 0.289 e. The first kappa shape index (κ1) is 9.39. The molecular formula is C5H6Cl3NO2. The van der Waals surface area contributed by atoms with Crippen LogP contribution in [0.5, 0.6) is 0 Å². The van der Waals surface area contributed by atoms with Gasteiger partial charge in [0.05, 0.1) is 12.1 Å².